The fourth-order valence-electron chi connectivity index (χ4n) is 3.23. The maximum absolute atomic E-state index is 12.9. The molecule has 9 heteroatoms. The molecule has 0 radical (unpaired) electrons. The average molecular weight is 463 g/mol. The number of anilines is 2. The molecular weight excluding hydrogens is 440 g/mol. The Kier molecular flexibility index (Phi) is 5.97. The normalized spacial score (nSPS) is 11.2. The average Bonchev–Trinajstić information content (AvgIpc) is 3.29. The Hall–Kier alpha value is -3.98. The molecule has 8 nitrogen and oxygen atoms in total. The third kappa shape index (κ3) is 4.63. The second-order valence-corrected chi connectivity index (χ2v) is 9.49. The summed E-state index contributed by atoms with van der Waals surface area (Å²) in [6.07, 6.45) is 0. The number of carbonyl (C=O) groups is 1. The molecule has 0 aliphatic heterocycles. The van der Waals surface area contributed by atoms with Gasteiger partial charge in [-0.25, -0.2) is 8.42 Å². The van der Waals surface area contributed by atoms with Crippen molar-refractivity contribution in [3.63, 3.8) is 0 Å². The van der Waals surface area contributed by atoms with Crippen LogP contribution in [0, 0.1) is 13.8 Å². The van der Waals surface area contributed by atoms with E-state index < -0.39 is 15.9 Å². The molecule has 0 bridgehead atoms. The summed E-state index contributed by atoms with van der Waals surface area (Å²) in [7, 11) is -2.29. The molecule has 0 atom stereocenters. The first-order chi connectivity index (χ1) is 15.8. The number of benzene rings is 3. The van der Waals surface area contributed by atoms with Crippen LogP contribution >= 0.6 is 0 Å². The first-order valence-electron chi connectivity index (χ1n) is 10.1. The van der Waals surface area contributed by atoms with Crippen molar-refractivity contribution in [3.05, 3.63) is 89.5 Å². The fourth-order valence-corrected chi connectivity index (χ4v) is 4.43. The van der Waals surface area contributed by atoms with E-state index in [0.29, 0.717) is 11.6 Å². The van der Waals surface area contributed by atoms with Gasteiger partial charge in [-0.05, 0) is 61.9 Å². The molecule has 0 fully saturated rings. The van der Waals surface area contributed by atoms with E-state index in [0.717, 1.165) is 16.7 Å². The molecule has 0 aliphatic rings. The van der Waals surface area contributed by atoms with Crippen LogP contribution in [0.1, 0.15) is 21.5 Å². The number of nitrogens with zero attached hydrogens (tertiary/aromatic N) is 3. The van der Waals surface area contributed by atoms with Crippen LogP contribution in [0.25, 0.3) is 11.5 Å². The van der Waals surface area contributed by atoms with Crippen molar-refractivity contribution in [2.45, 2.75) is 18.7 Å². The summed E-state index contributed by atoms with van der Waals surface area (Å²) in [6.45, 7) is 3.89. The predicted octanol–water partition coefficient (Wildman–Crippen LogP) is 4.43. The topological polar surface area (TPSA) is 105 Å². The summed E-state index contributed by atoms with van der Waals surface area (Å²) in [6, 6.07) is 20.2. The molecule has 0 saturated heterocycles. The summed E-state index contributed by atoms with van der Waals surface area (Å²) in [4.78, 5) is 12.7. The van der Waals surface area contributed by atoms with Crippen molar-refractivity contribution in [1.82, 2.24) is 10.2 Å². The molecule has 0 spiro atoms. The maximum atomic E-state index is 12.9. The Balaban J connectivity index is 1.49. The predicted molar refractivity (Wildman–Crippen MR) is 126 cm³/mol. The third-order valence-electron chi connectivity index (χ3n) is 5.16. The number of nitrogens with one attached hydrogen (secondary N) is 1. The van der Waals surface area contributed by atoms with E-state index in [2.05, 4.69) is 15.5 Å². The van der Waals surface area contributed by atoms with Crippen LogP contribution in [0.3, 0.4) is 0 Å². The summed E-state index contributed by atoms with van der Waals surface area (Å²) < 4.78 is 32.6. The SMILES string of the molecule is Cc1ccc(C)c(-c2nnc(NC(=O)c3ccc(S(=O)(=O)N(C)c4ccccc4)cc3)o2)c1. The smallest absolute Gasteiger partial charge is 0.322 e. The number of hydrogen-bond donors (Lipinski definition) is 1. The van der Waals surface area contributed by atoms with Crippen molar-refractivity contribution in [3.8, 4) is 11.5 Å². The highest BCUT2D eigenvalue weighted by atomic mass is 32.2. The molecule has 168 valence electrons. The summed E-state index contributed by atoms with van der Waals surface area (Å²) in [5.41, 5.74) is 3.60. The van der Waals surface area contributed by atoms with Gasteiger partial charge in [0.15, 0.2) is 0 Å². The third-order valence-corrected chi connectivity index (χ3v) is 6.96. The van der Waals surface area contributed by atoms with E-state index in [-0.39, 0.29) is 16.5 Å². The van der Waals surface area contributed by atoms with Gasteiger partial charge in [0.05, 0.1) is 10.6 Å². The molecule has 1 aromatic heterocycles. The maximum Gasteiger partial charge on any atom is 0.322 e. The highest BCUT2D eigenvalue weighted by Crippen LogP contribution is 2.25. The number of para-hydroxylation sites is 1. The Morgan fingerprint density at radius 1 is 0.939 bits per heavy atom. The minimum Gasteiger partial charge on any atom is -0.403 e. The monoisotopic (exact) mass is 462 g/mol. The Labute approximate surface area is 191 Å². The van der Waals surface area contributed by atoms with Crippen molar-refractivity contribution < 1.29 is 17.6 Å². The zero-order valence-electron chi connectivity index (χ0n) is 18.3. The van der Waals surface area contributed by atoms with Gasteiger partial charge in [0.25, 0.3) is 15.9 Å². The molecular formula is C24H22N4O4S. The summed E-state index contributed by atoms with van der Waals surface area (Å²) >= 11 is 0. The molecule has 33 heavy (non-hydrogen) atoms. The lowest BCUT2D eigenvalue weighted by molar-refractivity contribution is 0.102. The van der Waals surface area contributed by atoms with Gasteiger partial charge in [0.1, 0.15) is 0 Å². The lowest BCUT2D eigenvalue weighted by atomic mass is 10.1. The van der Waals surface area contributed by atoms with Crippen LogP contribution < -0.4 is 9.62 Å². The quantitative estimate of drug-likeness (QED) is 0.454. The number of aromatic nitrogens is 2. The Morgan fingerprint density at radius 3 is 2.33 bits per heavy atom. The van der Waals surface area contributed by atoms with Gasteiger partial charge in [-0.1, -0.05) is 41.0 Å². The van der Waals surface area contributed by atoms with Crippen LogP contribution in [-0.2, 0) is 10.0 Å². The fraction of sp³-hybridized carbons (Fsp3) is 0.125. The van der Waals surface area contributed by atoms with E-state index in [1.54, 1.807) is 24.3 Å². The molecule has 1 N–H and O–H groups in total. The first-order valence-corrected chi connectivity index (χ1v) is 11.6. The number of aryl methyl sites for hydroxylation is 2. The zero-order valence-corrected chi connectivity index (χ0v) is 19.1. The van der Waals surface area contributed by atoms with Crippen molar-refractivity contribution in [2.75, 3.05) is 16.7 Å². The molecule has 0 unspecified atom stereocenters. The summed E-state index contributed by atoms with van der Waals surface area (Å²) in [5.74, 6) is -0.191. The van der Waals surface area contributed by atoms with Crippen LogP contribution in [0.5, 0.6) is 0 Å². The van der Waals surface area contributed by atoms with Gasteiger partial charge in [-0.15, -0.1) is 5.10 Å². The van der Waals surface area contributed by atoms with Gasteiger partial charge in [0.2, 0.25) is 5.89 Å². The number of carbonyl (C=O) groups excluding carboxylic acids is 1. The van der Waals surface area contributed by atoms with E-state index in [4.69, 9.17) is 4.42 Å². The molecule has 0 aliphatic carbocycles. The molecule has 4 rings (SSSR count). The van der Waals surface area contributed by atoms with Crippen LogP contribution in [-0.4, -0.2) is 31.6 Å². The van der Waals surface area contributed by atoms with Gasteiger partial charge >= 0.3 is 6.01 Å². The number of hydrogen-bond acceptors (Lipinski definition) is 6. The second-order valence-electron chi connectivity index (χ2n) is 7.52. The van der Waals surface area contributed by atoms with Gasteiger partial charge in [0, 0.05) is 18.2 Å². The van der Waals surface area contributed by atoms with Crippen LogP contribution in [0.4, 0.5) is 11.7 Å². The van der Waals surface area contributed by atoms with Gasteiger partial charge in [-0.2, -0.15) is 0 Å². The highest BCUT2D eigenvalue weighted by molar-refractivity contribution is 7.92. The van der Waals surface area contributed by atoms with E-state index in [1.165, 1.54) is 35.6 Å². The molecule has 1 heterocycles. The minimum absolute atomic E-state index is 0.0450. The lowest BCUT2D eigenvalue weighted by Crippen LogP contribution is -2.26. The first kappa shape index (κ1) is 22.2. The highest BCUT2D eigenvalue weighted by Gasteiger charge is 2.22. The molecule has 3 aromatic carbocycles. The van der Waals surface area contributed by atoms with Crippen molar-refractivity contribution >= 4 is 27.6 Å². The Morgan fingerprint density at radius 2 is 1.64 bits per heavy atom. The van der Waals surface area contributed by atoms with Gasteiger partial charge in [-0.3, -0.25) is 14.4 Å². The molecule has 0 saturated carbocycles. The zero-order chi connectivity index (χ0) is 23.6. The van der Waals surface area contributed by atoms with Gasteiger partial charge < -0.3 is 4.42 Å². The lowest BCUT2D eigenvalue weighted by Gasteiger charge is -2.19. The van der Waals surface area contributed by atoms with Crippen molar-refractivity contribution in [2.24, 2.45) is 0 Å². The van der Waals surface area contributed by atoms with E-state index in [9.17, 15) is 13.2 Å². The number of sulfonamides is 1. The number of amides is 1. The van der Waals surface area contributed by atoms with Crippen LogP contribution in [0.15, 0.2) is 82.1 Å². The summed E-state index contributed by atoms with van der Waals surface area (Å²) in [5, 5.41) is 10.5. The largest absolute Gasteiger partial charge is 0.403 e. The Bertz CT molecular complexity index is 1400. The molecule has 1 amide bonds. The standard InChI is InChI=1S/C24H22N4O4S/c1-16-9-10-17(2)21(15-16)23-26-27-24(32-23)25-22(29)18-11-13-20(14-12-18)33(30,31)28(3)19-7-5-4-6-8-19/h4-15H,1-3H3,(H,25,27,29). The van der Waals surface area contributed by atoms with Crippen molar-refractivity contribution in [1.29, 1.82) is 0 Å². The van der Waals surface area contributed by atoms with Crippen LogP contribution in [0.2, 0.25) is 0 Å². The second kappa shape index (κ2) is 8.87. The minimum atomic E-state index is -3.77. The van der Waals surface area contributed by atoms with E-state index in [1.807, 2.05) is 38.1 Å². The van der Waals surface area contributed by atoms with E-state index >= 15 is 0 Å². The molecule has 4 aromatic rings. The number of rotatable bonds is 6.